The Labute approximate surface area is 153 Å². The third kappa shape index (κ3) is 3.69. The van der Waals surface area contributed by atoms with Gasteiger partial charge in [-0.05, 0) is 36.8 Å². The highest BCUT2D eigenvalue weighted by atomic mass is 16.5. The van der Waals surface area contributed by atoms with Crippen LogP contribution in [0.4, 0.5) is 5.82 Å². The van der Waals surface area contributed by atoms with Gasteiger partial charge in [0.15, 0.2) is 5.82 Å². The number of hydrogen-bond acceptors (Lipinski definition) is 6. The predicted octanol–water partition coefficient (Wildman–Crippen LogP) is 4.46. The summed E-state index contributed by atoms with van der Waals surface area (Å²) < 4.78 is 10.6. The van der Waals surface area contributed by atoms with Crippen LogP contribution >= 0.6 is 0 Å². The first-order valence-corrected chi connectivity index (χ1v) is 8.66. The minimum atomic E-state index is 0.151. The smallest absolute Gasteiger partial charge is 0.258 e. The highest BCUT2D eigenvalue weighted by Crippen LogP contribution is 2.28. The fraction of sp³-hybridized carbons (Fsp3) is 0.350. The van der Waals surface area contributed by atoms with E-state index < -0.39 is 0 Å². The van der Waals surface area contributed by atoms with Gasteiger partial charge in [-0.2, -0.15) is 4.98 Å². The molecule has 0 aliphatic heterocycles. The van der Waals surface area contributed by atoms with Crippen LogP contribution in [0.2, 0.25) is 0 Å². The molecule has 136 valence electrons. The second-order valence-corrected chi connectivity index (χ2v) is 6.58. The van der Waals surface area contributed by atoms with Crippen molar-refractivity contribution in [1.82, 2.24) is 15.1 Å². The molecule has 3 rings (SSSR count). The average molecular weight is 352 g/mol. The van der Waals surface area contributed by atoms with Crippen molar-refractivity contribution in [2.45, 2.75) is 32.7 Å². The van der Waals surface area contributed by atoms with Crippen LogP contribution < -0.4 is 9.64 Å². The first-order chi connectivity index (χ1) is 12.5. The monoisotopic (exact) mass is 352 g/mol. The molecule has 0 saturated heterocycles. The van der Waals surface area contributed by atoms with Crippen LogP contribution in [-0.4, -0.2) is 29.3 Å². The van der Waals surface area contributed by atoms with E-state index in [1.165, 1.54) is 5.56 Å². The van der Waals surface area contributed by atoms with E-state index in [9.17, 15) is 0 Å². The van der Waals surface area contributed by atoms with Crippen LogP contribution in [0.1, 0.15) is 44.1 Å². The van der Waals surface area contributed by atoms with Crippen LogP contribution in [-0.2, 0) is 0 Å². The second kappa shape index (κ2) is 7.56. The summed E-state index contributed by atoms with van der Waals surface area (Å²) in [5.41, 5.74) is 2.04. The van der Waals surface area contributed by atoms with Crippen LogP contribution in [0.5, 0.6) is 5.75 Å². The van der Waals surface area contributed by atoms with Gasteiger partial charge >= 0.3 is 0 Å². The number of benzene rings is 1. The molecule has 1 unspecified atom stereocenters. The Morgan fingerprint density at radius 2 is 1.81 bits per heavy atom. The van der Waals surface area contributed by atoms with E-state index in [2.05, 4.69) is 39.1 Å². The van der Waals surface area contributed by atoms with Crippen molar-refractivity contribution in [2.24, 2.45) is 0 Å². The van der Waals surface area contributed by atoms with Crippen molar-refractivity contribution in [2.75, 3.05) is 19.1 Å². The normalized spacial score (nSPS) is 12.2. The highest BCUT2D eigenvalue weighted by Gasteiger charge is 2.16. The minimum absolute atomic E-state index is 0.151. The number of hydrogen-bond donors (Lipinski definition) is 0. The van der Waals surface area contributed by atoms with E-state index in [0.29, 0.717) is 11.7 Å². The average Bonchev–Trinajstić information content (AvgIpc) is 3.17. The van der Waals surface area contributed by atoms with Gasteiger partial charge in [0.2, 0.25) is 0 Å². The molecule has 0 aliphatic rings. The van der Waals surface area contributed by atoms with E-state index in [-0.39, 0.29) is 12.0 Å². The number of ether oxygens (including phenoxy) is 1. The van der Waals surface area contributed by atoms with Gasteiger partial charge in [-0.15, -0.1) is 0 Å². The van der Waals surface area contributed by atoms with E-state index >= 15 is 0 Å². The second-order valence-electron chi connectivity index (χ2n) is 6.58. The molecule has 0 aliphatic carbocycles. The first kappa shape index (κ1) is 17.9. The first-order valence-electron chi connectivity index (χ1n) is 8.66. The van der Waals surface area contributed by atoms with Crippen LogP contribution in [0.3, 0.4) is 0 Å². The number of anilines is 1. The van der Waals surface area contributed by atoms with Crippen LogP contribution in [0.25, 0.3) is 11.5 Å². The van der Waals surface area contributed by atoms with Crippen molar-refractivity contribution in [3.05, 3.63) is 54.0 Å². The summed E-state index contributed by atoms with van der Waals surface area (Å²) in [6, 6.07) is 12.1. The van der Waals surface area contributed by atoms with Crippen molar-refractivity contribution < 1.29 is 9.26 Å². The molecule has 3 aromatic rings. The van der Waals surface area contributed by atoms with Crippen molar-refractivity contribution in [3.63, 3.8) is 0 Å². The molecule has 6 nitrogen and oxygen atoms in total. The molecule has 2 heterocycles. The van der Waals surface area contributed by atoms with Gasteiger partial charge in [0, 0.05) is 24.7 Å². The summed E-state index contributed by atoms with van der Waals surface area (Å²) in [5.74, 6) is 3.14. The summed E-state index contributed by atoms with van der Waals surface area (Å²) >= 11 is 0. The third-order valence-electron chi connectivity index (χ3n) is 4.49. The Morgan fingerprint density at radius 1 is 1.08 bits per heavy atom. The molecule has 0 saturated carbocycles. The fourth-order valence-electron chi connectivity index (χ4n) is 2.64. The lowest BCUT2D eigenvalue weighted by atomic mass is 10.1. The van der Waals surface area contributed by atoms with Crippen molar-refractivity contribution in [3.8, 4) is 17.2 Å². The highest BCUT2D eigenvalue weighted by molar-refractivity contribution is 5.59. The molecular weight excluding hydrogens is 328 g/mol. The quantitative estimate of drug-likeness (QED) is 0.652. The maximum Gasteiger partial charge on any atom is 0.258 e. The van der Waals surface area contributed by atoms with E-state index in [1.807, 2.05) is 45.2 Å². The molecule has 0 bridgehead atoms. The molecule has 1 aromatic carbocycles. The SMILES string of the molecule is COc1ccc(C(C)N(C)c2cc(-c3nc(C(C)C)no3)ccn2)cc1. The van der Waals surface area contributed by atoms with Gasteiger partial charge in [-0.1, -0.05) is 31.1 Å². The van der Waals surface area contributed by atoms with Crippen LogP contribution in [0, 0.1) is 0 Å². The minimum Gasteiger partial charge on any atom is -0.497 e. The Balaban J connectivity index is 1.83. The summed E-state index contributed by atoms with van der Waals surface area (Å²) in [5, 5.41) is 4.03. The van der Waals surface area contributed by atoms with E-state index in [1.54, 1.807) is 13.3 Å². The number of pyridine rings is 1. The largest absolute Gasteiger partial charge is 0.497 e. The molecule has 26 heavy (non-hydrogen) atoms. The van der Waals surface area contributed by atoms with Gasteiger partial charge in [0.05, 0.1) is 13.2 Å². The molecule has 1 atom stereocenters. The molecule has 6 heteroatoms. The lowest BCUT2D eigenvalue weighted by Crippen LogP contribution is -2.22. The zero-order valence-electron chi connectivity index (χ0n) is 15.8. The van der Waals surface area contributed by atoms with Crippen molar-refractivity contribution in [1.29, 1.82) is 0 Å². The Kier molecular flexibility index (Phi) is 5.21. The van der Waals surface area contributed by atoms with E-state index in [4.69, 9.17) is 9.26 Å². The Hall–Kier alpha value is -2.89. The number of methoxy groups -OCH3 is 1. The van der Waals surface area contributed by atoms with Gasteiger partial charge in [0.25, 0.3) is 5.89 Å². The lowest BCUT2D eigenvalue weighted by molar-refractivity contribution is 0.414. The zero-order valence-corrected chi connectivity index (χ0v) is 15.8. The summed E-state index contributed by atoms with van der Waals surface area (Å²) in [6.07, 6.45) is 1.77. The lowest BCUT2D eigenvalue weighted by Gasteiger charge is -2.26. The molecule has 0 amide bonds. The van der Waals surface area contributed by atoms with Gasteiger partial charge < -0.3 is 14.2 Å². The molecule has 0 fully saturated rings. The third-order valence-corrected chi connectivity index (χ3v) is 4.49. The maximum absolute atomic E-state index is 5.40. The fourth-order valence-corrected chi connectivity index (χ4v) is 2.64. The van der Waals surface area contributed by atoms with Crippen molar-refractivity contribution >= 4 is 5.82 Å². The van der Waals surface area contributed by atoms with E-state index in [0.717, 1.165) is 17.1 Å². The Bertz CT molecular complexity index is 858. The summed E-state index contributed by atoms with van der Waals surface area (Å²) in [6.45, 7) is 6.22. The molecule has 0 N–H and O–H groups in total. The maximum atomic E-state index is 5.40. The van der Waals surface area contributed by atoms with Crippen LogP contribution in [0.15, 0.2) is 47.1 Å². The topological polar surface area (TPSA) is 64.3 Å². The molecule has 2 aromatic heterocycles. The standard InChI is InChI=1S/C20H24N4O2/c1-13(2)19-22-20(26-23-19)16-10-11-21-18(12-16)24(4)14(3)15-6-8-17(25-5)9-7-15/h6-14H,1-5H3. The van der Waals surface area contributed by atoms with Gasteiger partial charge in [-0.25, -0.2) is 4.98 Å². The number of nitrogens with zero attached hydrogens (tertiary/aromatic N) is 4. The zero-order chi connectivity index (χ0) is 18.7. The van der Waals surface area contributed by atoms with Gasteiger partial charge in [-0.3, -0.25) is 0 Å². The predicted molar refractivity (Wildman–Crippen MR) is 101 cm³/mol. The summed E-state index contributed by atoms with van der Waals surface area (Å²) in [7, 11) is 3.69. The molecule has 0 radical (unpaired) electrons. The molecule has 0 spiro atoms. The number of aromatic nitrogens is 3. The number of rotatable bonds is 6. The van der Waals surface area contributed by atoms with Gasteiger partial charge in [0.1, 0.15) is 11.6 Å². The molecular formula is C20H24N4O2. The summed E-state index contributed by atoms with van der Waals surface area (Å²) in [4.78, 5) is 11.1. The Morgan fingerprint density at radius 3 is 2.42 bits per heavy atom.